The van der Waals surface area contributed by atoms with E-state index in [1.807, 2.05) is 11.8 Å². The van der Waals surface area contributed by atoms with Crippen LogP contribution < -0.4 is 5.73 Å². The molecule has 0 spiro atoms. The van der Waals surface area contributed by atoms with E-state index in [1.165, 1.54) is 6.26 Å². The molecule has 1 aromatic heterocycles. The van der Waals surface area contributed by atoms with E-state index in [2.05, 4.69) is 0 Å². The molecule has 2 N–H and O–H groups in total. The number of rotatable bonds is 3. The van der Waals surface area contributed by atoms with Crippen molar-refractivity contribution in [3.05, 3.63) is 24.2 Å². The van der Waals surface area contributed by atoms with Gasteiger partial charge >= 0.3 is 0 Å². The van der Waals surface area contributed by atoms with Crippen LogP contribution in [0.15, 0.2) is 22.8 Å². The first-order valence-corrected chi connectivity index (χ1v) is 6.32. The fourth-order valence-electron chi connectivity index (χ4n) is 2.52. The van der Waals surface area contributed by atoms with Gasteiger partial charge in [-0.1, -0.05) is 0 Å². The monoisotopic (exact) mass is 236 g/mol. The van der Waals surface area contributed by atoms with Crippen molar-refractivity contribution in [1.82, 2.24) is 4.90 Å². The number of hydrogen-bond acceptors (Lipinski definition) is 3. The SMILES string of the molecule is CCN(C(=O)c1ccco1)C1CCC(N)CC1. The highest BCUT2D eigenvalue weighted by atomic mass is 16.3. The molecule has 17 heavy (non-hydrogen) atoms. The van der Waals surface area contributed by atoms with Gasteiger partial charge in [-0.2, -0.15) is 0 Å². The lowest BCUT2D eigenvalue weighted by atomic mass is 9.90. The number of carbonyl (C=O) groups is 1. The fraction of sp³-hybridized carbons (Fsp3) is 0.615. The van der Waals surface area contributed by atoms with Crippen LogP contribution in [0, 0.1) is 0 Å². The van der Waals surface area contributed by atoms with E-state index in [-0.39, 0.29) is 5.91 Å². The van der Waals surface area contributed by atoms with Gasteiger partial charge in [-0.15, -0.1) is 0 Å². The molecular weight excluding hydrogens is 216 g/mol. The molecule has 1 fully saturated rings. The summed E-state index contributed by atoms with van der Waals surface area (Å²) < 4.78 is 5.17. The highest BCUT2D eigenvalue weighted by Crippen LogP contribution is 2.23. The van der Waals surface area contributed by atoms with Crippen molar-refractivity contribution in [2.75, 3.05) is 6.54 Å². The van der Waals surface area contributed by atoms with E-state index in [0.29, 0.717) is 17.8 Å². The summed E-state index contributed by atoms with van der Waals surface area (Å²) in [6, 6.07) is 4.10. The Labute approximate surface area is 102 Å². The molecule has 1 amide bonds. The second-order valence-corrected chi connectivity index (χ2v) is 4.64. The van der Waals surface area contributed by atoms with E-state index in [1.54, 1.807) is 12.1 Å². The number of furan rings is 1. The van der Waals surface area contributed by atoms with Crippen LogP contribution in [0.2, 0.25) is 0 Å². The first-order valence-electron chi connectivity index (χ1n) is 6.32. The lowest BCUT2D eigenvalue weighted by Gasteiger charge is -2.35. The summed E-state index contributed by atoms with van der Waals surface area (Å²) in [6.07, 6.45) is 5.56. The van der Waals surface area contributed by atoms with Gasteiger partial charge in [-0.25, -0.2) is 0 Å². The normalized spacial score (nSPS) is 24.6. The van der Waals surface area contributed by atoms with E-state index >= 15 is 0 Å². The van der Waals surface area contributed by atoms with Crippen LogP contribution >= 0.6 is 0 Å². The number of amides is 1. The summed E-state index contributed by atoms with van der Waals surface area (Å²) in [5, 5.41) is 0. The van der Waals surface area contributed by atoms with Gasteiger partial charge in [-0.3, -0.25) is 4.79 Å². The van der Waals surface area contributed by atoms with Gasteiger partial charge < -0.3 is 15.1 Å². The van der Waals surface area contributed by atoms with Gasteiger partial charge in [-0.05, 0) is 44.7 Å². The maximum absolute atomic E-state index is 12.2. The zero-order valence-electron chi connectivity index (χ0n) is 10.3. The minimum absolute atomic E-state index is 0.00188. The Morgan fingerprint density at radius 2 is 2.18 bits per heavy atom. The summed E-state index contributed by atoms with van der Waals surface area (Å²) >= 11 is 0. The summed E-state index contributed by atoms with van der Waals surface area (Å²) in [5.74, 6) is 0.430. The molecule has 0 aromatic carbocycles. The van der Waals surface area contributed by atoms with E-state index in [9.17, 15) is 4.79 Å². The predicted octanol–water partition coefficient (Wildman–Crippen LogP) is 2.01. The molecule has 4 nitrogen and oxygen atoms in total. The highest BCUT2D eigenvalue weighted by molar-refractivity contribution is 5.91. The van der Waals surface area contributed by atoms with Crippen molar-refractivity contribution in [2.45, 2.75) is 44.7 Å². The van der Waals surface area contributed by atoms with Gasteiger partial charge in [0.15, 0.2) is 5.76 Å². The van der Waals surface area contributed by atoms with E-state index < -0.39 is 0 Å². The quantitative estimate of drug-likeness (QED) is 0.873. The van der Waals surface area contributed by atoms with Crippen molar-refractivity contribution in [1.29, 1.82) is 0 Å². The smallest absolute Gasteiger partial charge is 0.289 e. The summed E-state index contributed by atoms with van der Waals surface area (Å²) in [5.41, 5.74) is 5.89. The van der Waals surface area contributed by atoms with Crippen molar-refractivity contribution in [3.63, 3.8) is 0 Å². The van der Waals surface area contributed by atoms with Crippen LogP contribution in [0.3, 0.4) is 0 Å². The van der Waals surface area contributed by atoms with Crippen LogP contribution in [-0.4, -0.2) is 29.4 Å². The fourth-order valence-corrected chi connectivity index (χ4v) is 2.52. The molecule has 94 valence electrons. The molecule has 0 unspecified atom stereocenters. The van der Waals surface area contributed by atoms with Crippen LogP contribution in [0.4, 0.5) is 0 Å². The van der Waals surface area contributed by atoms with Gasteiger partial charge in [0, 0.05) is 18.6 Å². The zero-order chi connectivity index (χ0) is 12.3. The molecular formula is C13H20N2O2. The molecule has 0 atom stereocenters. The van der Waals surface area contributed by atoms with Crippen molar-refractivity contribution in [2.24, 2.45) is 5.73 Å². The number of nitrogens with two attached hydrogens (primary N) is 1. The minimum Gasteiger partial charge on any atom is -0.459 e. The molecule has 1 aliphatic rings. The third kappa shape index (κ3) is 2.69. The average molecular weight is 236 g/mol. The Bertz CT molecular complexity index is 354. The maximum Gasteiger partial charge on any atom is 0.289 e. The largest absolute Gasteiger partial charge is 0.459 e. The van der Waals surface area contributed by atoms with Crippen LogP contribution in [0.5, 0.6) is 0 Å². The summed E-state index contributed by atoms with van der Waals surface area (Å²) in [7, 11) is 0. The third-order valence-corrected chi connectivity index (χ3v) is 3.52. The third-order valence-electron chi connectivity index (χ3n) is 3.52. The Balaban J connectivity index is 2.03. The first-order chi connectivity index (χ1) is 8.22. The van der Waals surface area contributed by atoms with Crippen LogP contribution in [-0.2, 0) is 0 Å². The number of nitrogens with zero attached hydrogens (tertiary/aromatic N) is 1. The molecule has 1 saturated carbocycles. The standard InChI is InChI=1S/C13H20N2O2/c1-2-15(11-7-5-10(14)6-8-11)13(16)12-4-3-9-17-12/h3-4,9-11H,2,5-8,14H2,1H3. The van der Waals surface area contributed by atoms with Gasteiger partial charge in [0.25, 0.3) is 5.91 Å². The van der Waals surface area contributed by atoms with Crippen LogP contribution in [0.25, 0.3) is 0 Å². The molecule has 1 aromatic rings. The first kappa shape index (κ1) is 12.2. The Morgan fingerprint density at radius 3 is 2.71 bits per heavy atom. The molecule has 0 radical (unpaired) electrons. The van der Waals surface area contributed by atoms with E-state index in [0.717, 1.165) is 32.2 Å². The molecule has 1 heterocycles. The Morgan fingerprint density at radius 1 is 1.47 bits per heavy atom. The summed E-state index contributed by atoms with van der Waals surface area (Å²) in [6.45, 7) is 2.73. The van der Waals surface area contributed by atoms with Gasteiger partial charge in [0.1, 0.15) is 0 Å². The lowest BCUT2D eigenvalue weighted by molar-refractivity contribution is 0.0608. The van der Waals surface area contributed by atoms with Crippen molar-refractivity contribution >= 4 is 5.91 Å². The average Bonchev–Trinajstić information content (AvgIpc) is 2.86. The predicted molar refractivity (Wildman–Crippen MR) is 65.6 cm³/mol. The molecule has 0 bridgehead atoms. The number of hydrogen-bond donors (Lipinski definition) is 1. The lowest BCUT2D eigenvalue weighted by Crippen LogP contribution is -2.44. The molecule has 1 aliphatic carbocycles. The van der Waals surface area contributed by atoms with Crippen LogP contribution in [0.1, 0.15) is 43.2 Å². The Kier molecular flexibility index (Phi) is 3.84. The van der Waals surface area contributed by atoms with Gasteiger partial charge in [0.2, 0.25) is 0 Å². The molecule has 4 heteroatoms. The van der Waals surface area contributed by atoms with Crippen molar-refractivity contribution in [3.8, 4) is 0 Å². The molecule has 2 rings (SSSR count). The second-order valence-electron chi connectivity index (χ2n) is 4.64. The second kappa shape index (κ2) is 5.36. The maximum atomic E-state index is 12.2. The molecule has 0 aliphatic heterocycles. The minimum atomic E-state index is -0.00188. The van der Waals surface area contributed by atoms with Crippen molar-refractivity contribution < 1.29 is 9.21 Å². The Hall–Kier alpha value is -1.29. The number of carbonyl (C=O) groups excluding carboxylic acids is 1. The zero-order valence-corrected chi connectivity index (χ0v) is 10.3. The molecule has 0 saturated heterocycles. The van der Waals surface area contributed by atoms with E-state index in [4.69, 9.17) is 10.2 Å². The summed E-state index contributed by atoms with van der Waals surface area (Å²) in [4.78, 5) is 14.1. The highest BCUT2D eigenvalue weighted by Gasteiger charge is 2.28. The topological polar surface area (TPSA) is 59.5 Å². The van der Waals surface area contributed by atoms with Gasteiger partial charge in [0.05, 0.1) is 6.26 Å².